The van der Waals surface area contributed by atoms with E-state index in [-0.39, 0.29) is 45.8 Å². The number of hydrogen-bond donors (Lipinski definition) is 1. The molecule has 0 bridgehead atoms. The Balaban J connectivity index is 0.000000167. The molecule has 3 aromatic carbocycles. The fraction of sp³-hybridized carbons (Fsp3) is 0.446. The van der Waals surface area contributed by atoms with Crippen LogP contribution in [-0.2, 0) is 33.5 Å². The third-order valence-electron chi connectivity index (χ3n) is 18.9. The van der Waals surface area contributed by atoms with Gasteiger partial charge in [0.2, 0.25) is 0 Å². The molecule has 3 fully saturated rings. The molecule has 16 heteroatoms. The van der Waals surface area contributed by atoms with Crippen molar-refractivity contribution >= 4 is 47.5 Å². The summed E-state index contributed by atoms with van der Waals surface area (Å²) < 4.78 is 17.6. The van der Waals surface area contributed by atoms with Gasteiger partial charge in [0.25, 0.3) is 17.7 Å². The summed E-state index contributed by atoms with van der Waals surface area (Å²) >= 11 is 0. The Morgan fingerprint density at radius 2 is 0.967 bits per heavy atom. The number of nitrogens with one attached hydrogen (secondary N) is 1. The van der Waals surface area contributed by atoms with Crippen LogP contribution in [0.1, 0.15) is 178 Å². The quantitative estimate of drug-likeness (QED) is 0.0919. The molecule has 6 heterocycles. The standard InChI is InChI=1S/C33H37N3O3.C25H31N3O.C16H25BN2O3/c1-3-18-35(4-2)31(37)30-15-14-27(23-34-30)29-22-33(21-26-12-8-9-13-28(26)29)16-19-36(20-17-33)32(38)39-24-25-10-6-5-7-11-25;1-3-15-28(4-2)24(29)23-10-9-20(18-27-23)22-17-25(11-13-26-14-12-25)16-19-7-5-6-8-21(19)22;1-7-19(8-2)14(20)13-10-9-12(11-18-13)17-21-15(3,4)16(5,6)22-17/h5-15,22-23H,3-4,16-21,24H2,1-2H3;5-10,17-18,26H,3-4,11-16H2,1-2H3;9-11H,7-8H2,1-6H3. The van der Waals surface area contributed by atoms with Crippen molar-refractivity contribution in [2.75, 3.05) is 65.4 Å². The molecule has 3 aliphatic heterocycles. The topological polar surface area (TPSA) is 160 Å². The largest absolute Gasteiger partial charge is 0.496 e. The SMILES string of the molecule is CCCN(CC)C(=O)c1ccc(C2=CC3(CCN(C(=O)OCc4ccccc4)CC3)Cc3ccccc32)cn1.CCCN(CC)C(=O)c1ccc(C2=CC3(CCNCC3)Cc3ccccc32)cn1.CCN(CC)C(=O)c1ccc(B2OC(C)(C)C(C)(C)O2)cn1. The number of carbonyl (C=O) groups is 4. The molecule has 2 spiro atoms. The van der Waals surface area contributed by atoms with E-state index in [0.29, 0.717) is 63.0 Å². The molecule has 2 aliphatic carbocycles. The summed E-state index contributed by atoms with van der Waals surface area (Å²) in [6, 6.07) is 38.5. The minimum atomic E-state index is -0.449. The summed E-state index contributed by atoms with van der Waals surface area (Å²) in [5.41, 5.74) is 12.5. The highest BCUT2D eigenvalue weighted by Crippen LogP contribution is 2.47. The van der Waals surface area contributed by atoms with Crippen LogP contribution in [0.4, 0.5) is 4.79 Å². The Bertz CT molecular complexity index is 3450. The number of benzene rings is 3. The fourth-order valence-electron chi connectivity index (χ4n) is 12.8. The van der Waals surface area contributed by atoms with Gasteiger partial charge in [0.05, 0.1) is 11.2 Å². The van der Waals surface area contributed by atoms with Crippen molar-refractivity contribution in [3.63, 3.8) is 0 Å². The van der Waals surface area contributed by atoms with Gasteiger partial charge in [-0.05, 0) is 188 Å². The molecule has 6 aromatic rings. The van der Waals surface area contributed by atoms with Crippen molar-refractivity contribution in [3.05, 3.63) is 202 Å². The molecular weight excluding hydrogens is 1120 g/mol. The predicted molar refractivity (Wildman–Crippen MR) is 358 cm³/mol. The average molecular weight is 1220 g/mol. The normalized spacial score (nSPS) is 17.2. The van der Waals surface area contributed by atoms with Gasteiger partial charge in [-0.15, -0.1) is 0 Å². The lowest BCUT2D eigenvalue weighted by Crippen LogP contribution is -2.44. The number of nitrogens with zero attached hydrogens (tertiary/aromatic N) is 7. The van der Waals surface area contributed by atoms with Crippen LogP contribution in [0, 0.1) is 10.8 Å². The highest BCUT2D eigenvalue weighted by atomic mass is 16.7. The summed E-state index contributed by atoms with van der Waals surface area (Å²) in [6.07, 6.45) is 18.0. The molecule has 0 saturated carbocycles. The number of ether oxygens (including phenoxy) is 1. The van der Waals surface area contributed by atoms with Gasteiger partial charge >= 0.3 is 13.2 Å². The van der Waals surface area contributed by atoms with E-state index in [9.17, 15) is 19.2 Å². The van der Waals surface area contributed by atoms with Crippen LogP contribution < -0.4 is 10.8 Å². The summed E-state index contributed by atoms with van der Waals surface area (Å²) in [7, 11) is -0.449. The van der Waals surface area contributed by atoms with E-state index >= 15 is 0 Å². The molecular formula is C74H93BN8O7. The number of likely N-dealkylation sites (tertiary alicyclic amines) is 1. The van der Waals surface area contributed by atoms with Crippen molar-refractivity contribution in [1.82, 2.24) is 39.9 Å². The summed E-state index contributed by atoms with van der Waals surface area (Å²) in [4.78, 5) is 71.4. The number of allylic oxidation sites excluding steroid dienone is 2. The van der Waals surface area contributed by atoms with E-state index in [4.69, 9.17) is 14.0 Å². The third kappa shape index (κ3) is 15.5. The molecule has 3 saturated heterocycles. The maximum Gasteiger partial charge on any atom is 0.496 e. The first-order valence-electron chi connectivity index (χ1n) is 32.8. The zero-order valence-electron chi connectivity index (χ0n) is 54.9. The van der Waals surface area contributed by atoms with Crippen LogP contribution in [0.3, 0.4) is 0 Å². The van der Waals surface area contributed by atoms with Gasteiger partial charge in [0.1, 0.15) is 23.7 Å². The van der Waals surface area contributed by atoms with E-state index in [1.807, 2.05) is 137 Å². The molecule has 4 amide bonds. The first-order chi connectivity index (χ1) is 43.4. The Morgan fingerprint density at radius 3 is 1.40 bits per heavy atom. The van der Waals surface area contributed by atoms with Gasteiger partial charge in [-0.2, -0.15) is 0 Å². The van der Waals surface area contributed by atoms with Gasteiger partial charge in [0.15, 0.2) is 0 Å². The number of hydrogen-bond acceptors (Lipinski definition) is 11. The maximum atomic E-state index is 12.9. The highest BCUT2D eigenvalue weighted by Gasteiger charge is 2.52. The van der Waals surface area contributed by atoms with Crippen LogP contribution >= 0.6 is 0 Å². The van der Waals surface area contributed by atoms with Gasteiger partial charge in [-0.25, -0.2) is 4.79 Å². The van der Waals surface area contributed by atoms with Crippen LogP contribution in [0.15, 0.2) is 146 Å². The number of pyridine rings is 3. The minimum Gasteiger partial charge on any atom is -0.445 e. The van der Waals surface area contributed by atoms with Gasteiger partial charge < -0.3 is 39.0 Å². The molecule has 15 nitrogen and oxygen atoms in total. The van der Waals surface area contributed by atoms with Gasteiger partial charge in [-0.3, -0.25) is 29.3 Å². The predicted octanol–water partition coefficient (Wildman–Crippen LogP) is 12.5. The van der Waals surface area contributed by atoms with E-state index < -0.39 is 7.12 Å². The number of amides is 4. The van der Waals surface area contributed by atoms with E-state index in [2.05, 4.69) is 101 Å². The lowest BCUT2D eigenvalue weighted by molar-refractivity contribution is 0.00578. The highest BCUT2D eigenvalue weighted by molar-refractivity contribution is 6.62. The minimum absolute atomic E-state index is 0.0214. The van der Waals surface area contributed by atoms with Crippen molar-refractivity contribution in [2.24, 2.45) is 10.8 Å². The van der Waals surface area contributed by atoms with Crippen LogP contribution in [0.25, 0.3) is 11.1 Å². The molecule has 5 aliphatic rings. The number of piperidine rings is 2. The second-order valence-electron chi connectivity index (χ2n) is 25.5. The second-order valence-corrected chi connectivity index (χ2v) is 25.5. The fourth-order valence-corrected chi connectivity index (χ4v) is 12.8. The first kappa shape index (κ1) is 66.6. The first-order valence-corrected chi connectivity index (χ1v) is 32.8. The van der Waals surface area contributed by atoms with Crippen LogP contribution in [0.2, 0.25) is 0 Å². The van der Waals surface area contributed by atoms with Crippen molar-refractivity contribution < 1.29 is 33.2 Å². The summed E-state index contributed by atoms with van der Waals surface area (Å²) in [5.74, 6) is -0.0499. The lowest BCUT2D eigenvalue weighted by Gasteiger charge is -2.42. The van der Waals surface area contributed by atoms with Gasteiger partial charge in [0, 0.05) is 87.5 Å². The van der Waals surface area contributed by atoms with Crippen LogP contribution in [-0.4, -0.2) is 142 Å². The van der Waals surface area contributed by atoms with Gasteiger partial charge in [-0.1, -0.05) is 123 Å². The third-order valence-corrected chi connectivity index (χ3v) is 18.9. The van der Waals surface area contributed by atoms with E-state index in [1.54, 1.807) is 17.2 Å². The number of rotatable bonds is 16. The Morgan fingerprint density at radius 1 is 0.533 bits per heavy atom. The monoisotopic (exact) mass is 1220 g/mol. The van der Waals surface area contributed by atoms with Crippen molar-refractivity contribution in [2.45, 2.75) is 138 Å². The molecule has 474 valence electrons. The second kappa shape index (κ2) is 29.9. The molecule has 3 aromatic heterocycles. The van der Waals surface area contributed by atoms with E-state index in [0.717, 1.165) is 105 Å². The number of carbonyl (C=O) groups excluding carboxylic acids is 4. The van der Waals surface area contributed by atoms with E-state index in [1.165, 1.54) is 27.8 Å². The summed E-state index contributed by atoms with van der Waals surface area (Å²) in [6.45, 7) is 28.2. The molecule has 1 N–H and O–H groups in total. The number of aromatic nitrogens is 3. The number of fused-ring (bicyclic) bond motifs is 2. The van der Waals surface area contributed by atoms with Crippen molar-refractivity contribution in [1.29, 1.82) is 0 Å². The molecule has 90 heavy (non-hydrogen) atoms. The Kier molecular flexibility index (Phi) is 22.1. The van der Waals surface area contributed by atoms with Crippen molar-refractivity contribution in [3.8, 4) is 0 Å². The molecule has 0 radical (unpaired) electrons. The lowest BCUT2D eigenvalue weighted by atomic mass is 9.67. The molecule has 11 rings (SSSR count). The Labute approximate surface area is 534 Å². The average Bonchev–Trinajstić information content (AvgIpc) is 1.00. The Hall–Kier alpha value is -7.79. The van der Waals surface area contributed by atoms with Crippen LogP contribution in [0.5, 0.6) is 0 Å². The maximum absolute atomic E-state index is 12.9. The molecule has 0 atom stereocenters. The molecule has 0 unspecified atom stereocenters. The smallest absolute Gasteiger partial charge is 0.445 e. The summed E-state index contributed by atoms with van der Waals surface area (Å²) in [5, 5.41) is 3.50. The zero-order valence-corrected chi connectivity index (χ0v) is 54.9. The zero-order chi connectivity index (χ0) is 64.1.